The Kier molecular flexibility index (Phi) is 9.66. The van der Waals surface area contributed by atoms with Crippen LogP contribution in [0.2, 0.25) is 0 Å². The third-order valence-electron chi connectivity index (χ3n) is 2.55. The summed E-state index contributed by atoms with van der Waals surface area (Å²) in [6.07, 6.45) is 5.73. The van der Waals surface area contributed by atoms with Crippen LogP contribution in [0.1, 0.15) is 40.5 Å². The van der Waals surface area contributed by atoms with Gasteiger partial charge in [-0.1, -0.05) is 35.9 Å². The first kappa shape index (κ1) is 18.2. The van der Waals surface area contributed by atoms with Crippen molar-refractivity contribution in [2.45, 2.75) is 46.6 Å². The van der Waals surface area contributed by atoms with Crippen molar-refractivity contribution in [3.8, 4) is 0 Å². The molecule has 3 nitrogen and oxygen atoms in total. The molecule has 0 amide bonds. The van der Waals surface area contributed by atoms with Gasteiger partial charge in [-0.25, -0.2) is 0 Å². The van der Waals surface area contributed by atoms with Crippen LogP contribution in [0.5, 0.6) is 0 Å². The van der Waals surface area contributed by atoms with Crippen molar-refractivity contribution < 1.29 is 14.3 Å². The summed E-state index contributed by atoms with van der Waals surface area (Å²) in [6, 6.07) is 0. The van der Waals surface area contributed by atoms with Crippen LogP contribution in [-0.4, -0.2) is 24.5 Å². The third-order valence-corrected chi connectivity index (χ3v) is 3.15. The van der Waals surface area contributed by atoms with E-state index in [2.05, 4.69) is 22.0 Å². The summed E-state index contributed by atoms with van der Waals surface area (Å²) in [4.78, 5) is 11.6. The van der Waals surface area contributed by atoms with Gasteiger partial charge >= 0.3 is 5.97 Å². The van der Waals surface area contributed by atoms with Crippen molar-refractivity contribution in [2.24, 2.45) is 5.92 Å². The predicted molar refractivity (Wildman–Crippen MR) is 82.3 cm³/mol. The molecule has 0 saturated carbocycles. The Labute approximate surface area is 125 Å². The Bertz CT molecular complexity index is 332. The van der Waals surface area contributed by atoms with Gasteiger partial charge in [-0.15, -0.1) is 0 Å². The maximum Gasteiger partial charge on any atom is 0.312 e. The second kappa shape index (κ2) is 10.1. The number of hydrogen-bond acceptors (Lipinski definition) is 3. The van der Waals surface area contributed by atoms with E-state index in [0.717, 1.165) is 29.5 Å². The highest BCUT2D eigenvalue weighted by Gasteiger charge is 2.21. The molecule has 0 heterocycles. The van der Waals surface area contributed by atoms with Crippen LogP contribution in [0.3, 0.4) is 0 Å². The summed E-state index contributed by atoms with van der Waals surface area (Å²) in [6.45, 7) is 7.95. The van der Waals surface area contributed by atoms with Gasteiger partial charge in [0.25, 0.3) is 0 Å². The van der Waals surface area contributed by atoms with Crippen LogP contribution in [0.25, 0.3) is 0 Å². The number of carbonyl (C=O) groups is 1. The average molecular weight is 333 g/mol. The van der Waals surface area contributed by atoms with E-state index >= 15 is 0 Å². The molecular weight excluding hydrogens is 308 g/mol. The molecule has 0 aromatic heterocycles. The van der Waals surface area contributed by atoms with Crippen molar-refractivity contribution >= 4 is 21.9 Å². The van der Waals surface area contributed by atoms with Gasteiger partial charge in [0, 0.05) is 10.9 Å². The minimum Gasteiger partial charge on any atom is -0.491 e. The Balaban J connectivity index is 0.00000154. The largest absolute Gasteiger partial charge is 0.491 e. The fourth-order valence-corrected chi connectivity index (χ4v) is 2.24. The van der Waals surface area contributed by atoms with E-state index < -0.39 is 0 Å². The quantitative estimate of drug-likeness (QED) is 0.571. The molecule has 1 aliphatic carbocycles. The number of rotatable bonds is 4. The zero-order valence-corrected chi connectivity index (χ0v) is 14.1. The van der Waals surface area contributed by atoms with E-state index in [9.17, 15) is 4.79 Å². The van der Waals surface area contributed by atoms with Gasteiger partial charge in [0.05, 0.1) is 19.1 Å². The summed E-state index contributed by atoms with van der Waals surface area (Å²) in [5.74, 6) is 0.394. The number of halogens is 1. The highest BCUT2D eigenvalue weighted by Crippen LogP contribution is 2.26. The van der Waals surface area contributed by atoms with Crippen LogP contribution in [0, 0.1) is 5.92 Å². The topological polar surface area (TPSA) is 35.5 Å². The molecule has 19 heavy (non-hydrogen) atoms. The molecule has 0 saturated heterocycles. The summed E-state index contributed by atoms with van der Waals surface area (Å²) >= 11 is 3.44. The summed E-state index contributed by atoms with van der Waals surface area (Å²) < 4.78 is 10.5. The van der Waals surface area contributed by atoms with Gasteiger partial charge < -0.3 is 9.47 Å². The number of hydrogen-bond donors (Lipinski definition) is 0. The lowest BCUT2D eigenvalue weighted by Crippen LogP contribution is -2.15. The highest BCUT2D eigenvalue weighted by atomic mass is 79.9. The van der Waals surface area contributed by atoms with E-state index in [0.29, 0.717) is 0 Å². The van der Waals surface area contributed by atoms with E-state index in [1.807, 2.05) is 33.8 Å². The fourth-order valence-electron chi connectivity index (χ4n) is 1.74. The van der Waals surface area contributed by atoms with Gasteiger partial charge in [-0.05, 0) is 32.8 Å². The van der Waals surface area contributed by atoms with E-state index in [-0.39, 0.29) is 18.0 Å². The smallest absolute Gasteiger partial charge is 0.312 e. The fraction of sp³-hybridized carbons (Fsp3) is 0.667. The predicted octanol–water partition coefficient (Wildman–Crippen LogP) is 4.23. The van der Waals surface area contributed by atoms with Crippen LogP contribution in [0.4, 0.5) is 0 Å². The van der Waals surface area contributed by atoms with Crippen LogP contribution in [-0.2, 0) is 14.3 Å². The van der Waals surface area contributed by atoms with Crippen molar-refractivity contribution in [1.82, 2.24) is 0 Å². The van der Waals surface area contributed by atoms with E-state index in [1.165, 1.54) is 7.11 Å². The SMILES string of the molecule is CC.COC(=O)C1C=C(OC(C)C)C(CBr)=CCC1. The summed E-state index contributed by atoms with van der Waals surface area (Å²) in [7, 11) is 1.42. The minimum absolute atomic E-state index is 0.0973. The lowest BCUT2D eigenvalue weighted by atomic mass is 10.0. The minimum atomic E-state index is -0.207. The maximum atomic E-state index is 11.6. The first-order valence-corrected chi connectivity index (χ1v) is 7.92. The molecule has 0 aromatic carbocycles. The second-order valence-corrected chi connectivity index (χ2v) is 4.83. The van der Waals surface area contributed by atoms with Crippen LogP contribution >= 0.6 is 15.9 Å². The van der Waals surface area contributed by atoms with E-state index in [1.54, 1.807) is 0 Å². The first-order chi connectivity index (χ1) is 9.08. The Hall–Kier alpha value is -0.770. The number of methoxy groups -OCH3 is 1. The molecule has 1 atom stereocenters. The zero-order chi connectivity index (χ0) is 14.8. The first-order valence-electron chi connectivity index (χ1n) is 6.80. The number of esters is 1. The van der Waals surface area contributed by atoms with Crippen molar-refractivity contribution in [2.75, 3.05) is 12.4 Å². The standard InChI is InChI=1S/C13H19BrO3.C2H6/c1-9(2)17-12-7-10(13(15)16-3)5-4-6-11(12)8-14;1-2/h6-7,9-10H,4-5,8H2,1-3H3;1-2H3. The van der Waals surface area contributed by atoms with Gasteiger partial charge in [-0.3, -0.25) is 4.79 Å². The van der Waals surface area contributed by atoms with Crippen molar-refractivity contribution in [3.63, 3.8) is 0 Å². The maximum absolute atomic E-state index is 11.6. The molecule has 0 radical (unpaired) electrons. The monoisotopic (exact) mass is 332 g/mol. The molecule has 0 aliphatic heterocycles. The summed E-state index contributed by atoms with van der Waals surface area (Å²) in [5, 5.41) is 0.736. The molecule has 0 bridgehead atoms. The third kappa shape index (κ3) is 6.28. The Morgan fingerprint density at radius 3 is 2.58 bits per heavy atom. The summed E-state index contributed by atoms with van der Waals surface area (Å²) in [5.41, 5.74) is 1.10. The number of ether oxygens (including phenoxy) is 2. The molecule has 1 unspecified atom stereocenters. The molecule has 0 aromatic rings. The molecule has 0 spiro atoms. The van der Waals surface area contributed by atoms with Crippen LogP contribution in [0.15, 0.2) is 23.5 Å². The molecule has 1 aliphatic rings. The molecular formula is C15H25BrO3. The number of alkyl halides is 1. The number of carbonyl (C=O) groups excluding carboxylic acids is 1. The molecule has 1 rings (SSSR count). The van der Waals surface area contributed by atoms with Gasteiger partial charge in [0.1, 0.15) is 5.76 Å². The normalized spacial score (nSPS) is 18.6. The highest BCUT2D eigenvalue weighted by molar-refractivity contribution is 9.09. The van der Waals surface area contributed by atoms with Gasteiger partial charge in [0.15, 0.2) is 0 Å². The second-order valence-electron chi connectivity index (χ2n) is 4.27. The Morgan fingerprint density at radius 1 is 1.47 bits per heavy atom. The molecule has 110 valence electrons. The average Bonchev–Trinajstić information content (AvgIpc) is 2.61. The molecule has 0 N–H and O–H groups in total. The molecule has 4 heteroatoms. The lowest BCUT2D eigenvalue weighted by Gasteiger charge is -2.16. The molecule has 0 fully saturated rings. The lowest BCUT2D eigenvalue weighted by molar-refractivity contribution is -0.143. The van der Waals surface area contributed by atoms with Gasteiger partial charge in [-0.2, -0.15) is 0 Å². The Morgan fingerprint density at radius 2 is 2.11 bits per heavy atom. The number of allylic oxidation sites excluding steroid dienone is 2. The van der Waals surface area contributed by atoms with E-state index in [4.69, 9.17) is 9.47 Å². The van der Waals surface area contributed by atoms with Crippen LogP contribution < -0.4 is 0 Å². The van der Waals surface area contributed by atoms with Gasteiger partial charge in [0.2, 0.25) is 0 Å². The van der Waals surface area contributed by atoms with Crippen molar-refractivity contribution in [3.05, 3.63) is 23.5 Å². The zero-order valence-electron chi connectivity index (χ0n) is 12.5. The van der Waals surface area contributed by atoms with Crippen molar-refractivity contribution in [1.29, 1.82) is 0 Å².